The maximum absolute atomic E-state index is 12.1. The smallest absolute Gasteiger partial charge is 0.288 e. The Morgan fingerprint density at radius 2 is 2.32 bits per heavy atom. The van der Waals surface area contributed by atoms with E-state index in [0.29, 0.717) is 12.4 Å². The monoisotopic (exact) mass is 268 g/mol. The van der Waals surface area contributed by atoms with E-state index in [-0.39, 0.29) is 24.4 Å². The summed E-state index contributed by atoms with van der Waals surface area (Å²) < 4.78 is 0. The number of aliphatic hydroxyl groups excluding tert-OH is 1. The van der Waals surface area contributed by atoms with Gasteiger partial charge in [-0.25, -0.2) is 4.98 Å². The summed E-state index contributed by atoms with van der Waals surface area (Å²) in [5.74, 6) is -0.135. The SMILES string of the molecule is CCNc1ncc([N+](=O)[O-])cc1C(=O)N(C)CCO. The van der Waals surface area contributed by atoms with Crippen molar-refractivity contribution in [3.05, 3.63) is 27.9 Å². The Morgan fingerprint density at radius 3 is 2.84 bits per heavy atom. The molecule has 0 saturated carbocycles. The lowest BCUT2D eigenvalue weighted by atomic mass is 10.2. The van der Waals surface area contributed by atoms with E-state index in [1.54, 1.807) is 0 Å². The van der Waals surface area contributed by atoms with Crippen molar-refractivity contribution >= 4 is 17.4 Å². The van der Waals surface area contributed by atoms with Gasteiger partial charge in [0.15, 0.2) is 0 Å². The van der Waals surface area contributed by atoms with Crippen LogP contribution in [0, 0.1) is 10.1 Å². The molecule has 1 heterocycles. The van der Waals surface area contributed by atoms with Crippen LogP contribution >= 0.6 is 0 Å². The highest BCUT2D eigenvalue weighted by molar-refractivity contribution is 5.99. The summed E-state index contributed by atoms with van der Waals surface area (Å²) in [6.45, 7) is 2.33. The molecular formula is C11H16N4O4. The van der Waals surface area contributed by atoms with E-state index in [4.69, 9.17) is 5.11 Å². The predicted molar refractivity (Wildman–Crippen MR) is 69.1 cm³/mol. The predicted octanol–water partition coefficient (Wildman–Crippen LogP) is 0.486. The number of hydrogen-bond donors (Lipinski definition) is 2. The van der Waals surface area contributed by atoms with Crippen LogP contribution in [0.3, 0.4) is 0 Å². The van der Waals surface area contributed by atoms with Gasteiger partial charge in [0.25, 0.3) is 11.6 Å². The molecule has 0 spiro atoms. The number of amides is 1. The first kappa shape index (κ1) is 14.8. The number of carbonyl (C=O) groups is 1. The zero-order valence-corrected chi connectivity index (χ0v) is 10.8. The average molecular weight is 268 g/mol. The van der Waals surface area contributed by atoms with Crippen molar-refractivity contribution < 1.29 is 14.8 Å². The molecule has 0 radical (unpaired) electrons. The number of likely N-dealkylation sites (N-methyl/N-ethyl adjacent to an activating group) is 1. The van der Waals surface area contributed by atoms with Crippen LogP contribution in [-0.4, -0.2) is 52.6 Å². The fraction of sp³-hybridized carbons (Fsp3) is 0.455. The van der Waals surface area contributed by atoms with Crippen LogP contribution in [0.15, 0.2) is 12.3 Å². The van der Waals surface area contributed by atoms with Crippen molar-refractivity contribution in [1.29, 1.82) is 0 Å². The van der Waals surface area contributed by atoms with Crippen LogP contribution in [0.25, 0.3) is 0 Å². The lowest BCUT2D eigenvalue weighted by Crippen LogP contribution is -2.30. The highest BCUT2D eigenvalue weighted by atomic mass is 16.6. The van der Waals surface area contributed by atoms with E-state index in [1.807, 2.05) is 6.92 Å². The van der Waals surface area contributed by atoms with Crippen LogP contribution < -0.4 is 5.32 Å². The van der Waals surface area contributed by atoms with Crippen molar-refractivity contribution in [2.24, 2.45) is 0 Å². The number of nitrogens with one attached hydrogen (secondary N) is 1. The fourth-order valence-corrected chi connectivity index (χ4v) is 1.48. The van der Waals surface area contributed by atoms with E-state index in [0.717, 1.165) is 6.20 Å². The topological polar surface area (TPSA) is 109 Å². The van der Waals surface area contributed by atoms with Crippen LogP contribution in [0.1, 0.15) is 17.3 Å². The van der Waals surface area contributed by atoms with Gasteiger partial charge < -0.3 is 15.3 Å². The molecule has 0 fully saturated rings. The fourth-order valence-electron chi connectivity index (χ4n) is 1.48. The first-order valence-electron chi connectivity index (χ1n) is 5.75. The molecule has 2 N–H and O–H groups in total. The van der Waals surface area contributed by atoms with Crippen LogP contribution in [0.4, 0.5) is 11.5 Å². The van der Waals surface area contributed by atoms with Crippen LogP contribution in [0.2, 0.25) is 0 Å². The van der Waals surface area contributed by atoms with Gasteiger partial charge in [-0.3, -0.25) is 14.9 Å². The summed E-state index contributed by atoms with van der Waals surface area (Å²) in [5, 5.41) is 22.4. The number of rotatable bonds is 6. The number of nitro groups is 1. The second-order valence-corrected chi connectivity index (χ2v) is 3.83. The Labute approximate surface area is 110 Å². The van der Waals surface area contributed by atoms with Crippen LogP contribution in [0.5, 0.6) is 0 Å². The lowest BCUT2D eigenvalue weighted by Gasteiger charge is -2.17. The molecule has 1 aromatic heterocycles. The van der Waals surface area contributed by atoms with Gasteiger partial charge >= 0.3 is 0 Å². The van der Waals surface area contributed by atoms with E-state index in [9.17, 15) is 14.9 Å². The highest BCUT2D eigenvalue weighted by Crippen LogP contribution is 2.20. The van der Waals surface area contributed by atoms with E-state index >= 15 is 0 Å². The normalized spacial score (nSPS) is 10.1. The summed E-state index contributed by atoms with van der Waals surface area (Å²) in [5.41, 5.74) is -0.130. The quantitative estimate of drug-likeness (QED) is 0.574. The van der Waals surface area contributed by atoms with Crippen molar-refractivity contribution in [3.63, 3.8) is 0 Å². The molecule has 1 amide bonds. The molecule has 0 aliphatic carbocycles. The minimum Gasteiger partial charge on any atom is -0.395 e. The molecule has 1 aromatic rings. The van der Waals surface area contributed by atoms with Gasteiger partial charge in [-0.1, -0.05) is 0 Å². The highest BCUT2D eigenvalue weighted by Gasteiger charge is 2.20. The van der Waals surface area contributed by atoms with Crippen LogP contribution in [-0.2, 0) is 0 Å². The first-order valence-corrected chi connectivity index (χ1v) is 5.75. The Hall–Kier alpha value is -2.22. The largest absolute Gasteiger partial charge is 0.395 e. The van der Waals surface area contributed by atoms with Crippen molar-refractivity contribution in [2.75, 3.05) is 32.1 Å². The Balaban J connectivity index is 3.16. The first-order chi connectivity index (χ1) is 9.01. The molecule has 0 aliphatic heterocycles. The second kappa shape index (κ2) is 6.64. The number of pyridine rings is 1. The molecule has 104 valence electrons. The number of carbonyl (C=O) groups excluding carboxylic acids is 1. The van der Waals surface area contributed by atoms with Crippen molar-refractivity contribution in [1.82, 2.24) is 9.88 Å². The summed E-state index contributed by atoms with van der Waals surface area (Å²) >= 11 is 0. The van der Waals surface area contributed by atoms with Gasteiger partial charge in [-0.15, -0.1) is 0 Å². The van der Waals surface area contributed by atoms with Gasteiger partial charge in [0.05, 0.1) is 17.1 Å². The maximum atomic E-state index is 12.1. The maximum Gasteiger partial charge on any atom is 0.288 e. The van der Waals surface area contributed by atoms with Crippen molar-refractivity contribution in [3.8, 4) is 0 Å². The number of anilines is 1. The number of hydrogen-bond acceptors (Lipinski definition) is 6. The number of nitrogens with zero attached hydrogens (tertiary/aromatic N) is 3. The molecule has 0 unspecified atom stereocenters. The summed E-state index contributed by atoms with van der Waals surface area (Å²) in [6.07, 6.45) is 1.10. The van der Waals surface area contributed by atoms with E-state index in [2.05, 4.69) is 10.3 Å². The third kappa shape index (κ3) is 3.62. The zero-order chi connectivity index (χ0) is 14.4. The molecule has 0 atom stereocenters. The van der Waals surface area contributed by atoms with E-state index < -0.39 is 10.8 Å². The lowest BCUT2D eigenvalue weighted by molar-refractivity contribution is -0.385. The minimum absolute atomic E-state index is 0.118. The molecular weight excluding hydrogens is 252 g/mol. The van der Waals surface area contributed by atoms with E-state index in [1.165, 1.54) is 18.0 Å². The zero-order valence-electron chi connectivity index (χ0n) is 10.8. The Bertz CT molecular complexity index is 478. The molecule has 0 aromatic carbocycles. The molecule has 0 saturated heterocycles. The third-order valence-corrected chi connectivity index (χ3v) is 2.44. The average Bonchev–Trinajstić information content (AvgIpc) is 2.38. The minimum atomic E-state index is -0.606. The third-order valence-electron chi connectivity index (χ3n) is 2.44. The van der Waals surface area contributed by atoms with Gasteiger partial charge in [0.2, 0.25) is 0 Å². The Morgan fingerprint density at radius 1 is 1.63 bits per heavy atom. The number of aliphatic hydroxyl groups is 1. The second-order valence-electron chi connectivity index (χ2n) is 3.83. The molecule has 19 heavy (non-hydrogen) atoms. The van der Waals surface area contributed by atoms with Gasteiger partial charge in [-0.05, 0) is 6.92 Å². The molecule has 8 nitrogen and oxygen atoms in total. The number of aromatic nitrogens is 1. The summed E-state index contributed by atoms with van der Waals surface area (Å²) in [7, 11) is 1.51. The summed E-state index contributed by atoms with van der Waals surface area (Å²) in [4.78, 5) is 27.4. The molecule has 1 rings (SSSR count). The molecule has 0 bridgehead atoms. The van der Waals surface area contributed by atoms with Gasteiger partial charge in [0.1, 0.15) is 12.0 Å². The standard InChI is InChI=1S/C11H16N4O4/c1-3-12-10-9(11(17)14(2)4-5-16)6-8(7-13-10)15(18)19/h6-7,16H,3-5H2,1-2H3,(H,12,13). The molecule has 8 heteroatoms. The van der Waals surface area contributed by atoms with Gasteiger partial charge in [0, 0.05) is 26.2 Å². The van der Waals surface area contributed by atoms with Crippen molar-refractivity contribution in [2.45, 2.75) is 6.92 Å². The summed E-state index contributed by atoms with van der Waals surface area (Å²) in [6, 6.07) is 1.18. The Kier molecular flexibility index (Phi) is 5.19. The van der Waals surface area contributed by atoms with Gasteiger partial charge in [-0.2, -0.15) is 0 Å². The molecule has 0 aliphatic rings.